The molecule has 0 saturated carbocycles. The summed E-state index contributed by atoms with van der Waals surface area (Å²) in [6.45, 7) is 2.44. The third-order valence-corrected chi connectivity index (χ3v) is 3.97. The van der Waals surface area contributed by atoms with Crippen LogP contribution in [-0.2, 0) is 11.3 Å². The second-order valence-corrected chi connectivity index (χ2v) is 5.31. The molecule has 19 heavy (non-hydrogen) atoms. The summed E-state index contributed by atoms with van der Waals surface area (Å²) in [5, 5.41) is 3.16. The number of hydrogen-bond acceptors (Lipinski definition) is 2. The Labute approximate surface area is 117 Å². The summed E-state index contributed by atoms with van der Waals surface area (Å²) >= 11 is 6.02. The largest absolute Gasteiger partial charge is 0.359 e. The predicted octanol–water partition coefficient (Wildman–Crippen LogP) is 2.44. The molecule has 0 bridgehead atoms. The first kappa shape index (κ1) is 14.3. The molecular weight excluding hydrogens is 267 g/mol. The second kappa shape index (κ2) is 6.35. The van der Waals surface area contributed by atoms with Crippen molar-refractivity contribution in [2.45, 2.75) is 19.4 Å². The highest BCUT2D eigenvalue weighted by molar-refractivity contribution is 6.31. The first-order chi connectivity index (χ1) is 9.10. The van der Waals surface area contributed by atoms with Gasteiger partial charge in [-0.15, -0.1) is 0 Å². The van der Waals surface area contributed by atoms with Gasteiger partial charge in [-0.2, -0.15) is 0 Å². The summed E-state index contributed by atoms with van der Waals surface area (Å²) in [6, 6.07) is 4.50. The number of piperidine rings is 1. The van der Waals surface area contributed by atoms with Crippen LogP contribution in [0.15, 0.2) is 18.2 Å². The smallest absolute Gasteiger partial charge is 0.222 e. The number of amides is 1. The van der Waals surface area contributed by atoms with E-state index in [4.69, 9.17) is 11.6 Å². The molecule has 1 saturated heterocycles. The van der Waals surface area contributed by atoms with Crippen molar-refractivity contribution in [3.8, 4) is 0 Å². The molecule has 104 valence electrons. The fourth-order valence-electron chi connectivity index (χ4n) is 2.45. The Kier molecular flexibility index (Phi) is 4.77. The predicted molar refractivity (Wildman–Crippen MR) is 73.5 cm³/mol. The minimum Gasteiger partial charge on any atom is -0.359 e. The SMILES string of the molecule is CNC(=O)C1CCN(Cc2ccc(F)cc2Cl)CC1. The average molecular weight is 285 g/mol. The van der Waals surface area contributed by atoms with Gasteiger partial charge < -0.3 is 5.32 Å². The van der Waals surface area contributed by atoms with Gasteiger partial charge in [-0.3, -0.25) is 9.69 Å². The Morgan fingerprint density at radius 2 is 2.16 bits per heavy atom. The van der Waals surface area contributed by atoms with E-state index in [1.165, 1.54) is 12.1 Å². The van der Waals surface area contributed by atoms with Crippen LogP contribution >= 0.6 is 11.6 Å². The molecule has 1 amide bonds. The molecule has 0 atom stereocenters. The maximum absolute atomic E-state index is 13.0. The fraction of sp³-hybridized carbons (Fsp3) is 0.500. The maximum atomic E-state index is 13.0. The van der Waals surface area contributed by atoms with Gasteiger partial charge in [0.2, 0.25) is 5.91 Å². The van der Waals surface area contributed by atoms with Gasteiger partial charge in [0.15, 0.2) is 0 Å². The van der Waals surface area contributed by atoms with Gasteiger partial charge in [0.25, 0.3) is 0 Å². The minimum absolute atomic E-state index is 0.116. The summed E-state index contributed by atoms with van der Waals surface area (Å²) in [4.78, 5) is 13.8. The highest BCUT2D eigenvalue weighted by atomic mass is 35.5. The zero-order valence-corrected chi connectivity index (χ0v) is 11.7. The van der Waals surface area contributed by atoms with Gasteiger partial charge in [-0.25, -0.2) is 4.39 Å². The molecule has 1 aromatic rings. The van der Waals surface area contributed by atoms with Gasteiger partial charge in [-0.1, -0.05) is 17.7 Å². The molecule has 1 aromatic carbocycles. The molecule has 5 heteroatoms. The van der Waals surface area contributed by atoms with Crippen molar-refractivity contribution in [3.05, 3.63) is 34.6 Å². The standard InChI is InChI=1S/C14H18ClFN2O/c1-17-14(19)10-4-6-18(7-5-10)9-11-2-3-12(16)8-13(11)15/h2-3,8,10H,4-7,9H2,1H3,(H,17,19). The molecule has 3 nitrogen and oxygen atoms in total. The highest BCUT2D eigenvalue weighted by Gasteiger charge is 2.24. The molecule has 0 radical (unpaired) electrons. The lowest BCUT2D eigenvalue weighted by Gasteiger charge is -2.31. The van der Waals surface area contributed by atoms with E-state index in [-0.39, 0.29) is 17.6 Å². The molecule has 0 unspecified atom stereocenters. The van der Waals surface area contributed by atoms with Crippen molar-refractivity contribution in [2.24, 2.45) is 5.92 Å². The van der Waals surface area contributed by atoms with Crippen molar-refractivity contribution in [1.29, 1.82) is 0 Å². The highest BCUT2D eigenvalue weighted by Crippen LogP contribution is 2.23. The average Bonchev–Trinajstić information content (AvgIpc) is 2.42. The minimum atomic E-state index is -0.313. The summed E-state index contributed by atoms with van der Waals surface area (Å²) in [5.74, 6) is -0.0727. The van der Waals surface area contributed by atoms with E-state index in [0.717, 1.165) is 31.5 Å². The number of halogens is 2. The van der Waals surface area contributed by atoms with Gasteiger partial charge >= 0.3 is 0 Å². The van der Waals surface area contributed by atoms with Crippen molar-refractivity contribution in [2.75, 3.05) is 20.1 Å². The summed E-state index contributed by atoms with van der Waals surface area (Å²) in [6.07, 6.45) is 1.72. The van der Waals surface area contributed by atoms with Gasteiger partial charge in [0.05, 0.1) is 0 Å². The number of nitrogens with zero attached hydrogens (tertiary/aromatic N) is 1. The lowest BCUT2D eigenvalue weighted by Crippen LogP contribution is -2.39. The third kappa shape index (κ3) is 3.67. The van der Waals surface area contributed by atoms with Gasteiger partial charge in [0, 0.05) is 24.5 Å². The molecule has 0 aromatic heterocycles. The third-order valence-electron chi connectivity index (χ3n) is 3.61. The monoisotopic (exact) mass is 284 g/mol. The van der Waals surface area contributed by atoms with Crippen molar-refractivity contribution in [3.63, 3.8) is 0 Å². The van der Waals surface area contributed by atoms with Gasteiger partial charge in [-0.05, 0) is 43.6 Å². The summed E-state index contributed by atoms with van der Waals surface area (Å²) in [5.41, 5.74) is 0.932. The van der Waals surface area contributed by atoms with E-state index in [0.29, 0.717) is 11.6 Å². The zero-order valence-electron chi connectivity index (χ0n) is 11.0. The lowest BCUT2D eigenvalue weighted by molar-refractivity contribution is -0.125. The topological polar surface area (TPSA) is 32.3 Å². The van der Waals surface area contributed by atoms with E-state index in [1.54, 1.807) is 13.1 Å². The van der Waals surface area contributed by atoms with Crippen molar-refractivity contribution in [1.82, 2.24) is 10.2 Å². The Morgan fingerprint density at radius 3 is 2.74 bits per heavy atom. The summed E-state index contributed by atoms with van der Waals surface area (Å²) in [7, 11) is 1.67. The second-order valence-electron chi connectivity index (χ2n) is 4.90. The number of nitrogens with one attached hydrogen (secondary N) is 1. The van der Waals surface area contributed by atoms with E-state index in [2.05, 4.69) is 10.2 Å². The van der Waals surface area contributed by atoms with Crippen LogP contribution in [0.3, 0.4) is 0 Å². The number of carbonyl (C=O) groups is 1. The lowest BCUT2D eigenvalue weighted by atomic mass is 9.95. The number of rotatable bonds is 3. The fourth-order valence-corrected chi connectivity index (χ4v) is 2.68. The van der Waals surface area contributed by atoms with E-state index < -0.39 is 0 Å². The van der Waals surface area contributed by atoms with Crippen LogP contribution in [0.25, 0.3) is 0 Å². The molecule has 1 fully saturated rings. The van der Waals surface area contributed by atoms with Crippen LogP contribution in [0, 0.1) is 11.7 Å². The van der Waals surface area contributed by atoms with Crippen LogP contribution in [-0.4, -0.2) is 30.9 Å². The molecule has 2 rings (SSSR count). The van der Waals surface area contributed by atoms with Crippen molar-refractivity contribution < 1.29 is 9.18 Å². The quantitative estimate of drug-likeness (QED) is 0.925. The first-order valence-corrected chi connectivity index (χ1v) is 6.86. The van der Waals surface area contributed by atoms with Crippen LogP contribution in [0.4, 0.5) is 4.39 Å². The Bertz CT molecular complexity index is 459. The number of likely N-dealkylation sites (tertiary alicyclic amines) is 1. The molecule has 1 heterocycles. The molecule has 0 spiro atoms. The van der Waals surface area contributed by atoms with E-state index in [1.807, 2.05) is 0 Å². The number of hydrogen-bond donors (Lipinski definition) is 1. The van der Waals surface area contributed by atoms with Gasteiger partial charge in [0.1, 0.15) is 5.82 Å². The van der Waals surface area contributed by atoms with Crippen LogP contribution < -0.4 is 5.32 Å². The summed E-state index contributed by atoms with van der Waals surface area (Å²) < 4.78 is 13.0. The van der Waals surface area contributed by atoms with Crippen LogP contribution in [0.5, 0.6) is 0 Å². The van der Waals surface area contributed by atoms with E-state index in [9.17, 15) is 9.18 Å². The molecule has 1 aliphatic heterocycles. The molecular formula is C14H18ClFN2O. The maximum Gasteiger partial charge on any atom is 0.222 e. The van der Waals surface area contributed by atoms with E-state index >= 15 is 0 Å². The first-order valence-electron chi connectivity index (χ1n) is 6.48. The normalized spacial score (nSPS) is 17.4. The molecule has 1 N–H and O–H groups in total. The molecule has 1 aliphatic rings. The van der Waals surface area contributed by atoms with Crippen LogP contribution in [0.2, 0.25) is 5.02 Å². The van der Waals surface area contributed by atoms with Crippen molar-refractivity contribution >= 4 is 17.5 Å². The Morgan fingerprint density at radius 1 is 1.47 bits per heavy atom. The number of benzene rings is 1. The number of carbonyl (C=O) groups excluding carboxylic acids is 1. The Hall–Kier alpha value is -1.13. The Balaban J connectivity index is 1.90. The zero-order chi connectivity index (χ0) is 13.8. The molecule has 0 aliphatic carbocycles. The van der Waals surface area contributed by atoms with Crippen LogP contribution in [0.1, 0.15) is 18.4 Å².